The summed E-state index contributed by atoms with van der Waals surface area (Å²) in [6, 6.07) is 9.83. The summed E-state index contributed by atoms with van der Waals surface area (Å²) in [7, 11) is 1.60. The lowest BCUT2D eigenvalue weighted by Crippen LogP contribution is -2.30. The second-order valence-electron chi connectivity index (χ2n) is 8.60. The van der Waals surface area contributed by atoms with Gasteiger partial charge >= 0.3 is 0 Å². The molecule has 1 aliphatic heterocycles. The van der Waals surface area contributed by atoms with E-state index >= 15 is 0 Å². The van der Waals surface area contributed by atoms with Crippen LogP contribution in [0.4, 0.5) is 19.6 Å². The van der Waals surface area contributed by atoms with Crippen molar-refractivity contribution in [2.45, 2.75) is 31.6 Å². The van der Waals surface area contributed by atoms with E-state index in [-0.39, 0.29) is 5.13 Å². The van der Waals surface area contributed by atoms with Gasteiger partial charge in [-0.15, -0.1) is 11.3 Å². The molecule has 2 heterocycles. The summed E-state index contributed by atoms with van der Waals surface area (Å²) in [4.78, 5) is 19.2. The smallest absolute Gasteiger partial charge is 0.263 e. The van der Waals surface area contributed by atoms with Crippen LogP contribution in [-0.4, -0.2) is 37.7 Å². The number of carbonyl (C=O) groups is 1. The number of nitrogens with zero attached hydrogens (tertiary/aromatic N) is 2. The van der Waals surface area contributed by atoms with Gasteiger partial charge in [-0.25, -0.2) is 13.8 Å². The summed E-state index contributed by atoms with van der Waals surface area (Å²) in [6.45, 7) is 3.81. The number of anilines is 2. The van der Waals surface area contributed by atoms with Crippen LogP contribution in [0.1, 0.15) is 47.8 Å². The monoisotopic (exact) mass is 505 g/mol. The fourth-order valence-corrected chi connectivity index (χ4v) is 5.23. The van der Waals surface area contributed by atoms with Gasteiger partial charge in [0.25, 0.3) is 5.91 Å². The molecule has 0 bridgehead atoms. The average molecular weight is 506 g/mol. The molecule has 0 radical (unpaired) electrons. The number of halogens is 3. The summed E-state index contributed by atoms with van der Waals surface area (Å²) < 4.78 is 35.0. The molecule has 0 saturated carbocycles. The van der Waals surface area contributed by atoms with Crippen molar-refractivity contribution >= 4 is 39.7 Å². The standard InChI is InChI=1S/C25H26ClF2N3O2S/c1-25(15-33-2,16-6-8-17(26)9-7-16)21-14-34-24(29-21)30-23(32)22-19(27)12-18(13-20(22)28)31-10-4-3-5-11-31/h6-9,12-14H,3-5,10-11,15H2,1-2H3,(H,29,30,32)/t25-/m0/s1. The number of hydrogen-bond acceptors (Lipinski definition) is 5. The number of rotatable bonds is 7. The Hall–Kier alpha value is -2.55. The summed E-state index contributed by atoms with van der Waals surface area (Å²) in [5.74, 6) is -2.65. The van der Waals surface area contributed by atoms with Gasteiger partial charge in [0.15, 0.2) is 5.13 Å². The molecule has 3 aromatic rings. The predicted octanol–water partition coefficient (Wildman–Crippen LogP) is 6.27. The fourth-order valence-electron chi connectivity index (χ4n) is 4.27. The largest absolute Gasteiger partial charge is 0.383 e. The lowest BCUT2D eigenvalue weighted by molar-refractivity contribution is 0.101. The second-order valence-corrected chi connectivity index (χ2v) is 9.89. The third kappa shape index (κ3) is 5.09. The average Bonchev–Trinajstić information content (AvgIpc) is 3.29. The van der Waals surface area contributed by atoms with Gasteiger partial charge in [0.05, 0.1) is 17.7 Å². The number of ether oxygens (including phenoxy) is 1. The Bertz CT molecular complexity index is 1140. The summed E-state index contributed by atoms with van der Waals surface area (Å²) in [5.41, 5.74) is 0.840. The second kappa shape index (κ2) is 10.4. The Balaban J connectivity index is 1.55. The van der Waals surface area contributed by atoms with E-state index in [0.717, 1.165) is 37.9 Å². The van der Waals surface area contributed by atoms with Crippen LogP contribution in [0, 0.1) is 11.6 Å². The molecule has 180 valence electrons. The van der Waals surface area contributed by atoms with E-state index < -0.39 is 28.5 Å². The van der Waals surface area contributed by atoms with Crippen molar-refractivity contribution in [3.8, 4) is 0 Å². The third-order valence-electron chi connectivity index (χ3n) is 6.18. The highest BCUT2D eigenvalue weighted by Crippen LogP contribution is 2.35. The molecule has 0 spiro atoms. The Morgan fingerprint density at radius 3 is 2.44 bits per heavy atom. The number of nitrogens with one attached hydrogen (secondary N) is 1. The van der Waals surface area contributed by atoms with Crippen LogP contribution in [0.3, 0.4) is 0 Å². The topological polar surface area (TPSA) is 54.5 Å². The van der Waals surface area contributed by atoms with Crippen LogP contribution in [0.25, 0.3) is 0 Å². The molecule has 34 heavy (non-hydrogen) atoms. The van der Waals surface area contributed by atoms with Crippen LogP contribution in [0.15, 0.2) is 41.8 Å². The van der Waals surface area contributed by atoms with Crippen LogP contribution < -0.4 is 10.2 Å². The first-order valence-corrected chi connectivity index (χ1v) is 12.3. The highest BCUT2D eigenvalue weighted by atomic mass is 35.5. The van der Waals surface area contributed by atoms with Crippen molar-refractivity contribution in [1.82, 2.24) is 4.98 Å². The molecule has 1 fully saturated rings. The van der Waals surface area contributed by atoms with Gasteiger partial charge in [-0.1, -0.05) is 23.7 Å². The van der Waals surface area contributed by atoms with E-state index in [1.165, 1.54) is 23.5 Å². The minimum Gasteiger partial charge on any atom is -0.383 e. The zero-order valence-electron chi connectivity index (χ0n) is 19.0. The van der Waals surface area contributed by atoms with E-state index in [0.29, 0.717) is 23.0 Å². The lowest BCUT2D eigenvalue weighted by Gasteiger charge is -2.29. The molecular formula is C25H26ClF2N3O2S. The first-order chi connectivity index (χ1) is 16.3. The molecule has 0 aliphatic carbocycles. The van der Waals surface area contributed by atoms with Crippen LogP contribution in [0.5, 0.6) is 0 Å². The van der Waals surface area contributed by atoms with Crippen LogP contribution >= 0.6 is 22.9 Å². The number of hydrogen-bond donors (Lipinski definition) is 1. The van der Waals surface area contributed by atoms with Gasteiger partial charge in [-0.3, -0.25) is 10.1 Å². The molecule has 1 N–H and O–H groups in total. The van der Waals surface area contributed by atoms with Crippen molar-refractivity contribution in [3.05, 3.63) is 75.3 Å². The minimum atomic E-state index is -0.889. The molecule has 5 nitrogen and oxygen atoms in total. The molecule has 1 aromatic heterocycles. The number of aromatic nitrogens is 1. The molecule has 1 atom stereocenters. The van der Waals surface area contributed by atoms with Gasteiger partial charge in [0, 0.05) is 36.3 Å². The summed E-state index contributed by atoms with van der Waals surface area (Å²) in [5, 5.41) is 5.21. The molecule has 1 saturated heterocycles. The summed E-state index contributed by atoms with van der Waals surface area (Å²) in [6.07, 6.45) is 3.07. The quantitative estimate of drug-likeness (QED) is 0.411. The Kier molecular flexibility index (Phi) is 7.50. The highest BCUT2D eigenvalue weighted by Gasteiger charge is 2.32. The van der Waals surface area contributed by atoms with Crippen LogP contribution in [-0.2, 0) is 10.2 Å². The maximum absolute atomic E-state index is 14.8. The molecule has 9 heteroatoms. The van der Waals surface area contributed by atoms with Crippen molar-refractivity contribution in [2.75, 3.05) is 37.0 Å². The van der Waals surface area contributed by atoms with Crippen LogP contribution in [0.2, 0.25) is 5.02 Å². The SMILES string of the molecule is COC[C@@](C)(c1ccc(Cl)cc1)c1csc(NC(=O)c2c(F)cc(N3CCCCC3)cc2F)n1. The third-order valence-corrected chi connectivity index (χ3v) is 7.19. The first-order valence-electron chi connectivity index (χ1n) is 11.1. The van der Waals surface area contributed by atoms with Gasteiger partial charge in [-0.05, 0) is 56.0 Å². The zero-order chi connectivity index (χ0) is 24.3. The maximum Gasteiger partial charge on any atom is 0.263 e. The molecule has 1 amide bonds. The highest BCUT2D eigenvalue weighted by molar-refractivity contribution is 7.14. The van der Waals surface area contributed by atoms with E-state index in [4.69, 9.17) is 16.3 Å². The van der Waals surface area contributed by atoms with Gasteiger partial charge in [-0.2, -0.15) is 0 Å². The molecule has 4 rings (SSSR count). The Morgan fingerprint density at radius 2 is 1.82 bits per heavy atom. The van der Waals surface area contributed by atoms with Gasteiger partial charge in [0.1, 0.15) is 17.2 Å². The van der Waals surface area contributed by atoms with E-state index in [9.17, 15) is 13.6 Å². The number of carbonyl (C=O) groups excluding carboxylic acids is 1. The summed E-state index contributed by atoms with van der Waals surface area (Å²) >= 11 is 7.21. The maximum atomic E-state index is 14.8. The zero-order valence-corrected chi connectivity index (χ0v) is 20.6. The number of methoxy groups -OCH3 is 1. The number of benzene rings is 2. The first kappa shape index (κ1) is 24.6. The normalized spacial score (nSPS) is 15.7. The van der Waals surface area contributed by atoms with Gasteiger partial charge < -0.3 is 9.64 Å². The molecule has 0 unspecified atom stereocenters. The molecular weight excluding hydrogens is 480 g/mol. The Morgan fingerprint density at radius 1 is 1.18 bits per heavy atom. The molecule has 2 aromatic carbocycles. The number of piperidine rings is 1. The van der Waals surface area contributed by atoms with E-state index in [1.54, 1.807) is 24.6 Å². The van der Waals surface area contributed by atoms with Crippen molar-refractivity contribution in [2.24, 2.45) is 0 Å². The van der Waals surface area contributed by atoms with Crippen molar-refractivity contribution in [1.29, 1.82) is 0 Å². The van der Waals surface area contributed by atoms with Gasteiger partial charge in [0.2, 0.25) is 0 Å². The fraction of sp³-hybridized carbons (Fsp3) is 0.360. The predicted molar refractivity (Wildman–Crippen MR) is 132 cm³/mol. The number of amides is 1. The van der Waals surface area contributed by atoms with Crippen molar-refractivity contribution < 1.29 is 18.3 Å². The Labute approximate surface area is 206 Å². The van der Waals surface area contributed by atoms with E-state index in [2.05, 4.69) is 10.3 Å². The van der Waals surface area contributed by atoms with Crippen molar-refractivity contribution in [3.63, 3.8) is 0 Å². The van der Waals surface area contributed by atoms with E-state index in [1.807, 2.05) is 24.0 Å². The molecule has 1 aliphatic rings. The minimum absolute atomic E-state index is 0.246. The lowest BCUT2D eigenvalue weighted by atomic mass is 9.81. The number of thiazole rings is 1.